The quantitative estimate of drug-likeness (QED) is 0.204. The van der Waals surface area contributed by atoms with Crippen molar-refractivity contribution >= 4 is 33.3 Å². The molecule has 42 heavy (non-hydrogen) atoms. The SMILES string of the molecule is C=C(C)C(=O)OCC(C)OC1(C(=O)N(CCCC)S(=O)(=O)c2ccc(C)cc2)c2ccccc2N(C)c2ccccc21. The average molecular weight is 591 g/mol. The first-order valence-corrected chi connectivity index (χ1v) is 15.5. The molecule has 0 radical (unpaired) electrons. The van der Waals surface area contributed by atoms with Gasteiger partial charge >= 0.3 is 5.97 Å². The minimum atomic E-state index is -4.27. The van der Waals surface area contributed by atoms with Crippen molar-refractivity contribution in [2.24, 2.45) is 0 Å². The molecule has 0 aromatic heterocycles. The fourth-order valence-electron chi connectivity index (χ4n) is 5.11. The average Bonchev–Trinajstić information content (AvgIpc) is 2.98. The highest BCUT2D eigenvalue weighted by Gasteiger charge is 2.54. The molecule has 0 aliphatic carbocycles. The summed E-state index contributed by atoms with van der Waals surface area (Å²) in [4.78, 5) is 29.3. The van der Waals surface area contributed by atoms with Crippen molar-refractivity contribution in [3.63, 3.8) is 0 Å². The van der Waals surface area contributed by atoms with Crippen LogP contribution in [0.4, 0.5) is 11.4 Å². The molecule has 1 aliphatic rings. The maximum atomic E-state index is 15.1. The van der Waals surface area contributed by atoms with Crippen molar-refractivity contribution in [2.75, 3.05) is 25.1 Å². The Bertz CT molecular complexity index is 1530. The van der Waals surface area contributed by atoms with Gasteiger partial charge in [-0.15, -0.1) is 0 Å². The van der Waals surface area contributed by atoms with E-state index in [1.54, 1.807) is 50.2 Å². The second-order valence-corrected chi connectivity index (χ2v) is 12.5. The van der Waals surface area contributed by atoms with Crippen LogP contribution in [0.2, 0.25) is 0 Å². The zero-order valence-electron chi connectivity index (χ0n) is 24.8. The molecule has 0 saturated carbocycles. The van der Waals surface area contributed by atoms with Gasteiger partial charge in [0, 0.05) is 41.7 Å². The fraction of sp³-hybridized carbons (Fsp3) is 0.333. The van der Waals surface area contributed by atoms with E-state index in [-0.39, 0.29) is 23.6 Å². The highest BCUT2D eigenvalue weighted by molar-refractivity contribution is 7.89. The molecule has 3 aromatic carbocycles. The Morgan fingerprint density at radius 2 is 1.52 bits per heavy atom. The number of carbonyl (C=O) groups excluding carboxylic acids is 2. The molecule has 0 spiro atoms. The summed E-state index contributed by atoms with van der Waals surface area (Å²) in [6, 6.07) is 21.0. The lowest BCUT2D eigenvalue weighted by Crippen LogP contribution is -2.55. The van der Waals surface area contributed by atoms with Crippen molar-refractivity contribution in [1.82, 2.24) is 4.31 Å². The van der Waals surface area contributed by atoms with Crippen LogP contribution in [0.3, 0.4) is 0 Å². The number of ether oxygens (including phenoxy) is 2. The molecular weight excluding hydrogens is 552 g/mol. The van der Waals surface area contributed by atoms with Crippen LogP contribution in [0, 0.1) is 6.92 Å². The largest absolute Gasteiger partial charge is 0.460 e. The third-order valence-electron chi connectivity index (χ3n) is 7.32. The van der Waals surface area contributed by atoms with E-state index < -0.39 is 33.6 Å². The lowest BCUT2D eigenvalue weighted by molar-refractivity contribution is -0.163. The van der Waals surface area contributed by atoms with Gasteiger partial charge in [0.2, 0.25) is 5.60 Å². The Hall–Kier alpha value is -3.95. The standard InChI is InChI=1S/C33H38N2O6S/c1-7-8-21-35(42(38,39)26-19-17-24(4)18-20-26)32(37)33(41-25(5)22-40-31(36)23(2)3)27-13-9-11-15-29(27)34(6)30-16-12-10-14-28(30)33/h9-20,25H,2,7-8,21-22H2,1,3-6H3. The van der Waals surface area contributed by atoms with Crippen molar-refractivity contribution in [3.05, 3.63) is 102 Å². The van der Waals surface area contributed by atoms with Gasteiger partial charge < -0.3 is 14.4 Å². The number of esters is 1. The number of amides is 1. The molecule has 3 aromatic rings. The van der Waals surface area contributed by atoms with Crippen LogP contribution in [0.1, 0.15) is 50.3 Å². The van der Waals surface area contributed by atoms with Gasteiger partial charge in [-0.05, 0) is 51.5 Å². The van der Waals surface area contributed by atoms with Gasteiger partial charge in [-0.25, -0.2) is 17.5 Å². The van der Waals surface area contributed by atoms with Gasteiger partial charge in [-0.3, -0.25) is 4.79 Å². The molecule has 4 rings (SSSR count). The second kappa shape index (κ2) is 12.5. The molecule has 1 atom stereocenters. The zero-order valence-corrected chi connectivity index (χ0v) is 25.6. The summed E-state index contributed by atoms with van der Waals surface area (Å²) < 4.78 is 41.4. The number of benzene rings is 3. The molecule has 0 N–H and O–H groups in total. The number of aryl methyl sites for hydroxylation is 1. The van der Waals surface area contributed by atoms with E-state index in [2.05, 4.69) is 6.58 Å². The summed E-state index contributed by atoms with van der Waals surface area (Å²) in [6.45, 7) is 10.5. The van der Waals surface area contributed by atoms with E-state index in [0.29, 0.717) is 35.3 Å². The summed E-state index contributed by atoms with van der Waals surface area (Å²) in [6.07, 6.45) is 0.337. The van der Waals surface area contributed by atoms with E-state index in [4.69, 9.17) is 9.47 Å². The number of para-hydroxylation sites is 2. The molecule has 0 saturated heterocycles. The third-order valence-corrected chi connectivity index (χ3v) is 9.11. The summed E-state index contributed by atoms with van der Waals surface area (Å²) >= 11 is 0. The predicted molar refractivity (Wildman–Crippen MR) is 163 cm³/mol. The number of sulfonamides is 1. The molecule has 222 valence electrons. The first kappa shape index (κ1) is 31.0. The zero-order chi connectivity index (χ0) is 30.7. The van der Waals surface area contributed by atoms with Crippen LogP contribution in [-0.2, 0) is 34.7 Å². The van der Waals surface area contributed by atoms with Gasteiger partial charge in [0.1, 0.15) is 6.61 Å². The Labute approximate surface area is 248 Å². The van der Waals surface area contributed by atoms with E-state index >= 15 is 4.79 Å². The van der Waals surface area contributed by atoms with E-state index in [0.717, 1.165) is 9.87 Å². The van der Waals surface area contributed by atoms with E-state index in [9.17, 15) is 13.2 Å². The third kappa shape index (κ3) is 5.71. The number of unbranched alkanes of at least 4 members (excludes halogenated alkanes) is 1. The molecule has 0 bridgehead atoms. The maximum Gasteiger partial charge on any atom is 0.333 e. The van der Waals surface area contributed by atoms with Crippen LogP contribution in [0.5, 0.6) is 0 Å². The van der Waals surface area contributed by atoms with Crippen molar-refractivity contribution in [1.29, 1.82) is 0 Å². The Balaban J connectivity index is 1.95. The topological polar surface area (TPSA) is 93.2 Å². The molecule has 8 nitrogen and oxygen atoms in total. The van der Waals surface area contributed by atoms with Crippen LogP contribution in [0.25, 0.3) is 0 Å². The lowest BCUT2D eigenvalue weighted by Gasteiger charge is -2.45. The number of hydrogen-bond acceptors (Lipinski definition) is 7. The van der Waals surface area contributed by atoms with Gasteiger partial charge in [-0.1, -0.05) is 74.0 Å². The van der Waals surface area contributed by atoms with Crippen LogP contribution < -0.4 is 4.90 Å². The molecule has 1 unspecified atom stereocenters. The molecule has 1 amide bonds. The lowest BCUT2D eigenvalue weighted by atomic mass is 9.79. The first-order valence-electron chi connectivity index (χ1n) is 14.0. The molecule has 9 heteroatoms. The normalized spacial score (nSPS) is 14.4. The number of rotatable bonds is 11. The Kier molecular flexibility index (Phi) is 9.23. The number of hydrogen-bond donors (Lipinski definition) is 0. The molecular formula is C33H38N2O6S. The predicted octanol–water partition coefficient (Wildman–Crippen LogP) is 5.86. The van der Waals surface area contributed by atoms with Gasteiger partial charge in [0.05, 0.1) is 11.0 Å². The van der Waals surface area contributed by atoms with E-state index in [1.165, 1.54) is 12.1 Å². The summed E-state index contributed by atoms with van der Waals surface area (Å²) in [5, 5.41) is 0. The maximum absolute atomic E-state index is 15.1. The first-order chi connectivity index (χ1) is 19.9. The van der Waals surface area contributed by atoms with Gasteiger partial charge in [-0.2, -0.15) is 0 Å². The minimum Gasteiger partial charge on any atom is -0.460 e. The van der Waals surface area contributed by atoms with Crippen molar-refractivity contribution < 1.29 is 27.5 Å². The minimum absolute atomic E-state index is 0.0191. The van der Waals surface area contributed by atoms with Crippen LogP contribution in [0.15, 0.2) is 89.8 Å². The number of nitrogens with zero attached hydrogens (tertiary/aromatic N) is 2. The Morgan fingerprint density at radius 3 is 2.05 bits per heavy atom. The monoisotopic (exact) mass is 590 g/mol. The number of carbonyl (C=O) groups is 2. The van der Waals surface area contributed by atoms with Crippen LogP contribution in [-0.4, -0.2) is 50.9 Å². The molecule has 0 fully saturated rings. The molecule has 1 aliphatic heterocycles. The highest BCUT2D eigenvalue weighted by atomic mass is 32.2. The van der Waals surface area contributed by atoms with E-state index in [1.807, 2.05) is 50.1 Å². The number of fused-ring (bicyclic) bond motifs is 2. The van der Waals surface area contributed by atoms with Gasteiger partial charge in [0.15, 0.2) is 0 Å². The fourth-order valence-corrected chi connectivity index (χ4v) is 6.56. The van der Waals surface area contributed by atoms with Crippen molar-refractivity contribution in [2.45, 2.75) is 57.1 Å². The van der Waals surface area contributed by atoms with Crippen molar-refractivity contribution in [3.8, 4) is 0 Å². The summed E-state index contributed by atoms with van der Waals surface area (Å²) in [7, 11) is -2.38. The van der Waals surface area contributed by atoms with Crippen LogP contribution >= 0.6 is 0 Å². The Morgan fingerprint density at radius 1 is 0.976 bits per heavy atom. The smallest absolute Gasteiger partial charge is 0.333 e. The molecule has 1 heterocycles. The van der Waals surface area contributed by atoms with Gasteiger partial charge in [0.25, 0.3) is 15.9 Å². The summed E-state index contributed by atoms with van der Waals surface area (Å²) in [5.74, 6) is -1.32. The second-order valence-electron chi connectivity index (χ2n) is 10.6. The number of anilines is 2. The summed E-state index contributed by atoms with van der Waals surface area (Å²) in [5.41, 5.74) is 1.65. The highest BCUT2D eigenvalue weighted by Crippen LogP contribution is 2.51.